The fourth-order valence-electron chi connectivity index (χ4n) is 1.59. The lowest BCUT2D eigenvalue weighted by atomic mass is 10.3. The molecule has 0 aliphatic rings. The van der Waals surface area contributed by atoms with Gasteiger partial charge in [-0.25, -0.2) is 12.8 Å². The predicted molar refractivity (Wildman–Crippen MR) is 76.1 cm³/mol. The van der Waals surface area contributed by atoms with Crippen LogP contribution in [0.15, 0.2) is 38.2 Å². The van der Waals surface area contributed by atoms with Gasteiger partial charge < -0.3 is 14.3 Å². The Labute approximate surface area is 128 Å². The minimum Gasteiger partial charge on any atom is -0.494 e. The number of ether oxygens (including phenoxy) is 1. The number of furan rings is 1. The summed E-state index contributed by atoms with van der Waals surface area (Å²) in [7, 11) is -2.68. The number of rotatable bonds is 5. The number of aliphatic hydroxyl groups excluding tert-OH is 1. The second kappa shape index (κ2) is 6.04. The Morgan fingerprint density at radius 3 is 2.71 bits per heavy atom. The Morgan fingerprint density at radius 1 is 1.43 bits per heavy atom. The topological polar surface area (TPSA) is 88.8 Å². The van der Waals surface area contributed by atoms with Crippen molar-refractivity contribution in [3.8, 4) is 5.75 Å². The molecule has 0 bridgehead atoms. The van der Waals surface area contributed by atoms with Gasteiger partial charge in [0.05, 0.1) is 12.8 Å². The Balaban J connectivity index is 2.35. The smallest absolute Gasteiger partial charge is 0.266 e. The van der Waals surface area contributed by atoms with E-state index in [-0.39, 0.29) is 26.8 Å². The number of halogens is 2. The van der Waals surface area contributed by atoms with Gasteiger partial charge in [0.2, 0.25) is 0 Å². The number of hydrogen-bond acceptors (Lipinski definition) is 5. The van der Waals surface area contributed by atoms with Crippen molar-refractivity contribution in [3.63, 3.8) is 0 Å². The van der Waals surface area contributed by atoms with Crippen LogP contribution in [0.2, 0.25) is 0 Å². The van der Waals surface area contributed by atoms with Gasteiger partial charge in [0.25, 0.3) is 10.0 Å². The minimum atomic E-state index is -3.95. The van der Waals surface area contributed by atoms with Crippen molar-refractivity contribution < 1.29 is 27.1 Å². The standard InChI is InChI=1S/C12H11BrFNO5S/c1-19-10-4-7(2-3-9(10)14)15-21(17,18)11-5-8(6-16)20-12(11)13/h2-5,15-16H,6H2,1H3. The molecule has 0 fully saturated rings. The molecule has 0 saturated carbocycles. The molecule has 2 rings (SSSR count). The lowest BCUT2D eigenvalue weighted by Crippen LogP contribution is -2.12. The van der Waals surface area contributed by atoms with Gasteiger partial charge in [-0.05, 0) is 28.1 Å². The van der Waals surface area contributed by atoms with Gasteiger partial charge in [-0.2, -0.15) is 0 Å². The van der Waals surface area contributed by atoms with Crippen LogP contribution < -0.4 is 9.46 Å². The third-order valence-corrected chi connectivity index (χ3v) is 4.79. The predicted octanol–water partition coefficient (Wildman–Crippen LogP) is 2.48. The van der Waals surface area contributed by atoms with Crippen LogP contribution in [-0.4, -0.2) is 20.6 Å². The molecule has 1 heterocycles. The number of benzene rings is 1. The summed E-state index contributed by atoms with van der Waals surface area (Å²) in [4.78, 5) is -0.171. The molecule has 0 atom stereocenters. The fourth-order valence-corrected chi connectivity index (χ4v) is 3.64. The molecule has 1 aromatic heterocycles. The minimum absolute atomic E-state index is 0.0341. The van der Waals surface area contributed by atoms with E-state index < -0.39 is 22.4 Å². The molecule has 9 heteroatoms. The van der Waals surface area contributed by atoms with E-state index in [9.17, 15) is 12.8 Å². The molecule has 0 radical (unpaired) electrons. The largest absolute Gasteiger partial charge is 0.494 e. The quantitative estimate of drug-likeness (QED) is 0.832. The van der Waals surface area contributed by atoms with Gasteiger partial charge in [-0.15, -0.1) is 0 Å². The number of hydrogen-bond donors (Lipinski definition) is 2. The number of anilines is 1. The van der Waals surface area contributed by atoms with Gasteiger partial charge in [0.15, 0.2) is 16.2 Å². The Morgan fingerprint density at radius 2 is 2.14 bits per heavy atom. The maximum absolute atomic E-state index is 13.3. The van der Waals surface area contributed by atoms with Gasteiger partial charge in [0.1, 0.15) is 17.3 Å². The number of methoxy groups -OCH3 is 1. The summed E-state index contributed by atoms with van der Waals surface area (Å²) < 4.78 is 49.8. The first-order valence-electron chi connectivity index (χ1n) is 5.63. The van der Waals surface area contributed by atoms with Crippen LogP contribution in [0.3, 0.4) is 0 Å². The zero-order valence-electron chi connectivity index (χ0n) is 10.8. The summed E-state index contributed by atoms with van der Waals surface area (Å²) in [5.74, 6) is -0.594. The molecule has 0 saturated heterocycles. The molecule has 114 valence electrons. The average molecular weight is 380 g/mol. The summed E-state index contributed by atoms with van der Waals surface area (Å²) in [6.45, 7) is -0.432. The Bertz CT molecular complexity index is 759. The van der Waals surface area contributed by atoms with Gasteiger partial charge >= 0.3 is 0 Å². The second-order valence-electron chi connectivity index (χ2n) is 3.96. The number of sulfonamides is 1. The molecule has 6 nitrogen and oxygen atoms in total. The van der Waals surface area contributed by atoms with Gasteiger partial charge in [-0.3, -0.25) is 4.72 Å². The fraction of sp³-hybridized carbons (Fsp3) is 0.167. The van der Waals surface area contributed by atoms with Gasteiger partial charge in [-0.1, -0.05) is 0 Å². The van der Waals surface area contributed by atoms with Crippen molar-refractivity contribution in [3.05, 3.63) is 40.5 Å². The van der Waals surface area contributed by atoms with Crippen LogP contribution in [0.25, 0.3) is 0 Å². The Kier molecular flexibility index (Phi) is 4.55. The normalized spacial score (nSPS) is 11.4. The first-order chi connectivity index (χ1) is 9.87. The van der Waals surface area contributed by atoms with E-state index in [1.807, 2.05) is 0 Å². The van der Waals surface area contributed by atoms with Gasteiger partial charge in [0, 0.05) is 12.1 Å². The van der Waals surface area contributed by atoms with E-state index in [4.69, 9.17) is 14.3 Å². The zero-order valence-corrected chi connectivity index (χ0v) is 13.2. The SMILES string of the molecule is COc1cc(NS(=O)(=O)c2cc(CO)oc2Br)ccc1F. The second-order valence-corrected chi connectivity index (χ2v) is 6.33. The highest BCUT2D eigenvalue weighted by Gasteiger charge is 2.23. The molecule has 0 aliphatic heterocycles. The molecule has 0 unspecified atom stereocenters. The lowest BCUT2D eigenvalue weighted by molar-refractivity contribution is 0.245. The van der Waals surface area contributed by atoms with Crippen LogP contribution in [0.5, 0.6) is 5.75 Å². The van der Waals surface area contributed by atoms with Crippen LogP contribution >= 0.6 is 15.9 Å². The summed E-state index contributed by atoms with van der Waals surface area (Å²) >= 11 is 2.97. The summed E-state index contributed by atoms with van der Waals surface area (Å²) in [5.41, 5.74) is 0.131. The first kappa shape index (κ1) is 15.8. The molecule has 21 heavy (non-hydrogen) atoms. The third kappa shape index (κ3) is 3.36. The van der Waals surface area contributed by atoms with E-state index in [2.05, 4.69) is 20.7 Å². The number of nitrogens with one attached hydrogen (secondary N) is 1. The summed E-state index contributed by atoms with van der Waals surface area (Å²) in [6, 6.07) is 4.75. The summed E-state index contributed by atoms with van der Waals surface area (Å²) in [5, 5.41) is 8.94. The van der Waals surface area contributed by atoms with E-state index >= 15 is 0 Å². The average Bonchev–Trinajstić information content (AvgIpc) is 2.83. The van der Waals surface area contributed by atoms with Crippen LogP contribution in [0.4, 0.5) is 10.1 Å². The zero-order chi connectivity index (χ0) is 15.6. The first-order valence-corrected chi connectivity index (χ1v) is 7.90. The molecule has 2 aromatic rings. The van der Waals surface area contributed by atoms with Crippen LogP contribution in [-0.2, 0) is 16.6 Å². The highest BCUT2D eigenvalue weighted by Crippen LogP contribution is 2.29. The van der Waals surface area contributed by atoms with E-state index in [0.29, 0.717) is 0 Å². The molecular formula is C12H11BrFNO5S. The van der Waals surface area contributed by atoms with Crippen LogP contribution in [0.1, 0.15) is 5.76 Å². The monoisotopic (exact) mass is 379 g/mol. The van der Waals surface area contributed by atoms with E-state index in [1.54, 1.807) is 0 Å². The van der Waals surface area contributed by atoms with Crippen molar-refractivity contribution in [1.82, 2.24) is 0 Å². The maximum atomic E-state index is 13.3. The maximum Gasteiger partial charge on any atom is 0.266 e. The molecule has 0 spiro atoms. The van der Waals surface area contributed by atoms with Crippen molar-refractivity contribution in [1.29, 1.82) is 0 Å². The van der Waals surface area contributed by atoms with Crippen molar-refractivity contribution in [2.24, 2.45) is 0 Å². The molecule has 0 amide bonds. The Hall–Kier alpha value is -1.58. The van der Waals surface area contributed by atoms with Crippen LogP contribution in [0, 0.1) is 5.82 Å². The highest BCUT2D eigenvalue weighted by molar-refractivity contribution is 9.10. The third-order valence-electron chi connectivity index (χ3n) is 2.56. The summed E-state index contributed by atoms with van der Waals surface area (Å²) in [6.07, 6.45) is 0. The molecular weight excluding hydrogens is 369 g/mol. The number of aliphatic hydroxyl groups is 1. The highest BCUT2D eigenvalue weighted by atomic mass is 79.9. The van der Waals surface area contributed by atoms with Crippen molar-refractivity contribution in [2.75, 3.05) is 11.8 Å². The molecule has 2 N–H and O–H groups in total. The van der Waals surface area contributed by atoms with Crippen molar-refractivity contribution in [2.45, 2.75) is 11.5 Å². The van der Waals surface area contributed by atoms with Crippen molar-refractivity contribution >= 4 is 31.6 Å². The molecule has 1 aromatic carbocycles. The lowest BCUT2D eigenvalue weighted by Gasteiger charge is -2.08. The van der Waals surface area contributed by atoms with E-state index in [0.717, 1.165) is 6.07 Å². The molecule has 0 aliphatic carbocycles. The van der Waals surface area contributed by atoms with E-state index in [1.165, 1.54) is 25.3 Å².